The van der Waals surface area contributed by atoms with Crippen LogP contribution in [0, 0.1) is 0 Å². The zero-order chi connectivity index (χ0) is 21.8. The minimum absolute atomic E-state index is 0.152. The van der Waals surface area contributed by atoms with Crippen molar-refractivity contribution in [3.05, 3.63) is 35.4 Å². The summed E-state index contributed by atoms with van der Waals surface area (Å²) < 4.78 is 10.1. The van der Waals surface area contributed by atoms with Gasteiger partial charge in [0.15, 0.2) is 0 Å². The van der Waals surface area contributed by atoms with Crippen LogP contribution in [0.2, 0.25) is 0 Å². The molecule has 0 aromatic heterocycles. The number of aliphatic hydroxyl groups is 1. The molecule has 0 saturated carbocycles. The second kappa shape index (κ2) is 9.26. The highest BCUT2D eigenvalue weighted by Gasteiger charge is 2.38. The number of ether oxygens (including phenoxy) is 2. The monoisotopic (exact) mass is 406 g/mol. The molecule has 0 aliphatic carbocycles. The Balaban J connectivity index is 2.09. The lowest BCUT2D eigenvalue weighted by Crippen LogP contribution is -2.55. The van der Waals surface area contributed by atoms with Crippen LogP contribution in [0.5, 0.6) is 0 Å². The molecule has 0 spiro atoms. The van der Waals surface area contributed by atoms with Gasteiger partial charge in [0.25, 0.3) is 0 Å². The van der Waals surface area contributed by atoms with E-state index in [4.69, 9.17) is 4.74 Å². The van der Waals surface area contributed by atoms with Crippen molar-refractivity contribution in [2.75, 3.05) is 13.7 Å². The highest BCUT2D eigenvalue weighted by molar-refractivity contribution is 5.89. The van der Waals surface area contributed by atoms with Gasteiger partial charge in [0, 0.05) is 13.0 Å². The van der Waals surface area contributed by atoms with Crippen LogP contribution < -0.4 is 5.32 Å². The summed E-state index contributed by atoms with van der Waals surface area (Å²) in [6.07, 6.45) is -0.675. The molecule has 0 bridgehead atoms. The first-order valence-corrected chi connectivity index (χ1v) is 9.68. The van der Waals surface area contributed by atoms with E-state index in [0.717, 1.165) is 5.56 Å². The first-order valence-electron chi connectivity index (χ1n) is 9.68. The molecule has 2 N–H and O–H groups in total. The zero-order valence-electron chi connectivity index (χ0n) is 17.6. The summed E-state index contributed by atoms with van der Waals surface area (Å²) in [5, 5.41) is 12.9. The molecule has 1 aromatic carbocycles. The number of benzene rings is 1. The summed E-state index contributed by atoms with van der Waals surface area (Å²) in [5.41, 5.74) is 0.538. The van der Waals surface area contributed by atoms with Gasteiger partial charge in [0.05, 0.1) is 24.8 Å². The van der Waals surface area contributed by atoms with E-state index >= 15 is 0 Å². The number of methoxy groups -OCH3 is 1. The van der Waals surface area contributed by atoms with Crippen molar-refractivity contribution in [1.82, 2.24) is 10.2 Å². The minimum atomic E-state index is -0.814. The molecule has 1 aliphatic rings. The summed E-state index contributed by atoms with van der Waals surface area (Å²) in [7, 11) is 1.31. The minimum Gasteiger partial charge on any atom is -0.465 e. The number of hydrogen-bond acceptors (Lipinski definition) is 6. The van der Waals surface area contributed by atoms with Gasteiger partial charge < -0.3 is 19.9 Å². The van der Waals surface area contributed by atoms with E-state index < -0.39 is 29.8 Å². The number of piperidine rings is 1. The predicted octanol–water partition coefficient (Wildman–Crippen LogP) is 2.41. The van der Waals surface area contributed by atoms with E-state index in [1.807, 2.05) is 6.92 Å². The summed E-state index contributed by atoms with van der Waals surface area (Å²) in [5.74, 6) is -0.795. The third-order valence-corrected chi connectivity index (χ3v) is 4.70. The summed E-state index contributed by atoms with van der Waals surface area (Å²) in [6, 6.07) is 5.55. The van der Waals surface area contributed by atoms with Crippen molar-refractivity contribution in [2.24, 2.45) is 0 Å². The SMILES string of the molecule is COC(=O)c1ccc([C@H](C)NC(=O)C2CC(O)CCN2C(=O)OC(C)(C)C)cc1. The molecule has 1 saturated heterocycles. The van der Waals surface area contributed by atoms with Gasteiger partial charge in [-0.2, -0.15) is 0 Å². The predicted molar refractivity (Wildman–Crippen MR) is 106 cm³/mol. The van der Waals surface area contributed by atoms with Crippen molar-refractivity contribution in [3.63, 3.8) is 0 Å². The Bertz CT molecular complexity index is 741. The molecule has 0 radical (unpaired) electrons. The Morgan fingerprint density at radius 2 is 1.83 bits per heavy atom. The lowest BCUT2D eigenvalue weighted by atomic mass is 9.98. The molecule has 2 unspecified atom stereocenters. The van der Waals surface area contributed by atoms with Gasteiger partial charge in [0.2, 0.25) is 5.91 Å². The molecule has 29 heavy (non-hydrogen) atoms. The highest BCUT2D eigenvalue weighted by atomic mass is 16.6. The van der Waals surface area contributed by atoms with E-state index in [2.05, 4.69) is 10.1 Å². The number of amides is 2. The van der Waals surface area contributed by atoms with Crippen molar-refractivity contribution >= 4 is 18.0 Å². The van der Waals surface area contributed by atoms with Crippen LogP contribution in [0.15, 0.2) is 24.3 Å². The molecule has 1 fully saturated rings. The molecule has 1 aromatic rings. The fraction of sp³-hybridized carbons (Fsp3) is 0.571. The maximum absolute atomic E-state index is 12.9. The molecule has 8 nitrogen and oxygen atoms in total. The second-order valence-corrected chi connectivity index (χ2v) is 8.21. The molecule has 2 amide bonds. The number of carbonyl (C=O) groups excluding carboxylic acids is 3. The van der Waals surface area contributed by atoms with Gasteiger partial charge in [-0.25, -0.2) is 9.59 Å². The smallest absolute Gasteiger partial charge is 0.410 e. The molecule has 160 valence electrons. The molecule has 1 heterocycles. The maximum Gasteiger partial charge on any atom is 0.410 e. The van der Waals surface area contributed by atoms with Crippen molar-refractivity contribution in [1.29, 1.82) is 0 Å². The maximum atomic E-state index is 12.9. The molecule has 3 atom stereocenters. The summed E-state index contributed by atoms with van der Waals surface area (Å²) in [6.45, 7) is 7.34. The van der Waals surface area contributed by atoms with E-state index in [1.165, 1.54) is 12.0 Å². The number of nitrogens with zero attached hydrogens (tertiary/aromatic N) is 1. The van der Waals surface area contributed by atoms with E-state index in [1.54, 1.807) is 45.0 Å². The first kappa shape index (κ1) is 22.7. The number of nitrogens with one attached hydrogen (secondary N) is 1. The Labute approximate surface area is 171 Å². The number of likely N-dealkylation sites (tertiary alicyclic amines) is 1. The zero-order valence-corrected chi connectivity index (χ0v) is 17.6. The van der Waals surface area contributed by atoms with Crippen LogP contribution in [0.25, 0.3) is 0 Å². The van der Waals surface area contributed by atoms with Gasteiger partial charge in [0.1, 0.15) is 11.6 Å². The van der Waals surface area contributed by atoms with Crippen LogP contribution >= 0.6 is 0 Å². The summed E-state index contributed by atoms with van der Waals surface area (Å²) in [4.78, 5) is 38.3. The lowest BCUT2D eigenvalue weighted by Gasteiger charge is -2.38. The van der Waals surface area contributed by atoms with Gasteiger partial charge in [-0.15, -0.1) is 0 Å². The van der Waals surface area contributed by atoms with Crippen LogP contribution in [0.4, 0.5) is 4.79 Å². The molecule has 8 heteroatoms. The van der Waals surface area contributed by atoms with Gasteiger partial charge >= 0.3 is 12.1 Å². The molecule has 2 rings (SSSR count). The topological polar surface area (TPSA) is 105 Å². The fourth-order valence-electron chi connectivity index (χ4n) is 3.15. The summed E-state index contributed by atoms with van der Waals surface area (Å²) >= 11 is 0. The average molecular weight is 406 g/mol. The highest BCUT2D eigenvalue weighted by Crippen LogP contribution is 2.22. The Kier molecular flexibility index (Phi) is 7.24. The third-order valence-electron chi connectivity index (χ3n) is 4.70. The van der Waals surface area contributed by atoms with E-state index in [0.29, 0.717) is 12.0 Å². The van der Waals surface area contributed by atoms with Crippen LogP contribution in [0.1, 0.15) is 62.5 Å². The van der Waals surface area contributed by atoms with Crippen LogP contribution in [0.3, 0.4) is 0 Å². The standard InChI is InChI=1S/C21H30N2O6/c1-13(14-6-8-15(9-7-14)19(26)28-5)22-18(25)17-12-16(24)10-11-23(17)20(27)29-21(2,3)4/h6-9,13,16-17,24H,10-12H2,1-5H3,(H,22,25)/t13-,16?,17?/m0/s1. The van der Waals surface area contributed by atoms with Crippen molar-refractivity contribution < 1.29 is 29.0 Å². The second-order valence-electron chi connectivity index (χ2n) is 8.21. The number of esters is 1. The van der Waals surface area contributed by atoms with Crippen LogP contribution in [-0.4, -0.2) is 59.4 Å². The van der Waals surface area contributed by atoms with E-state index in [9.17, 15) is 19.5 Å². The Hall–Kier alpha value is -2.61. The number of hydrogen-bond donors (Lipinski definition) is 2. The Morgan fingerprint density at radius 3 is 2.38 bits per heavy atom. The molecule has 1 aliphatic heterocycles. The number of carbonyl (C=O) groups is 3. The Morgan fingerprint density at radius 1 is 1.21 bits per heavy atom. The lowest BCUT2D eigenvalue weighted by molar-refractivity contribution is -0.130. The average Bonchev–Trinajstić information content (AvgIpc) is 2.65. The molecular formula is C21H30N2O6. The number of rotatable bonds is 4. The van der Waals surface area contributed by atoms with Gasteiger partial charge in [-0.05, 0) is 51.8 Å². The number of aliphatic hydroxyl groups excluding tert-OH is 1. The normalized spacial score (nSPS) is 20.6. The van der Waals surface area contributed by atoms with Crippen molar-refractivity contribution in [2.45, 2.75) is 64.3 Å². The third kappa shape index (κ3) is 6.19. The van der Waals surface area contributed by atoms with Crippen LogP contribution in [-0.2, 0) is 14.3 Å². The van der Waals surface area contributed by atoms with Gasteiger partial charge in [-0.1, -0.05) is 12.1 Å². The van der Waals surface area contributed by atoms with E-state index in [-0.39, 0.29) is 24.9 Å². The first-order chi connectivity index (χ1) is 13.5. The largest absolute Gasteiger partial charge is 0.465 e. The molecular weight excluding hydrogens is 376 g/mol. The quantitative estimate of drug-likeness (QED) is 0.744. The van der Waals surface area contributed by atoms with Gasteiger partial charge in [-0.3, -0.25) is 9.69 Å². The van der Waals surface area contributed by atoms with Crippen molar-refractivity contribution in [3.8, 4) is 0 Å². The fourth-order valence-corrected chi connectivity index (χ4v) is 3.15.